The number of hydrogen-bond acceptors (Lipinski definition) is 4. The van der Waals surface area contributed by atoms with Gasteiger partial charge < -0.3 is 4.74 Å². The Labute approximate surface area is 125 Å². The highest BCUT2D eigenvalue weighted by Gasteiger charge is 2.18. The van der Waals surface area contributed by atoms with Crippen molar-refractivity contribution in [3.05, 3.63) is 55.2 Å². The highest BCUT2D eigenvalue weighted by molar-refractivity contribution is 6.32. The van der Waals surface area contributed by atoms with Crippen LogP contribution in [0, 0.1) is 18.3 Å². The Hall–Kier alpha value is -2.52. The van der Waals surface area contributed by atoms with Crippen molar-refractivity contribution in [2.24, 2.45) is 14.1 Å². The molecule has 0 radical (unpaired) electrons. The fourth-order valence-corrected chi connectivity index (χ4v) is 2.11. The Kier molecular flexibility index (Phi) is 3.87. The molecule has 2 rings (SSSR count). The molecular formula is C14H12ClN3O3. The van der Waals surface area contributed by atoms with Gasteiger partial charge in [0.2, 0.25) is 5.88 Å². The smallest absolute Gasteiger partial charge is 0.333 e. The lowest BCUT2D eigenvalue weighted by atomic mass is 10.2. The lowest BCUT2D eigenvalue weighted by Crippen LogP contribution is -2.38. The Balaban J connectivity index is 2.68. The van der Waals surface area contributed by atoms with Gasteiger partial charge in [0.1, 0.15) is 11.8 Å². The second-order valence-corrected chi connectivity index (χ2v) is 4.94. The predicted molar refractivity (Wildman–Crippen MR) is 77.9 cm³/mol. The molecule has 1 aromatic heterocycles. The van der Waals surface area contributed by atoms with Crippen LogP contribution in [0.2, 0.25) is 5.02 Å². The Bertz CT molecular complexity index is 875. The minimum atomic E-state index is -0.709. The first-order valence-electron chi connectivity index (χ1n) is 6.01. The van der Waals surface area contributed by atoms with Crippen molar-refractivity contribution in [2.45, 2.75) is 6.92 Å². The molecule has 2 aromatic rings. The molecule has 0 aliphatic heterocycles. The molecular weight excluding hydrogens is 294 g/mol. The van der Waals surface area contributed by atoms with Crippen LogP contribution in [0.4, 0.5) is 0 Å². The van der Waals surface area contributed by atoms with E-state index < -0.39 is 11.2 Å². The van der Waals surface area contributed by atoms with E-state index in [1.165, 1.54) is 14.1 Å². The molecule has 0 spiro atoms. The molecule has 0 saturated carbocycles. The molecule has 0 N–H and O–H groups in total. The van der Waals surface area contributed by atoms with Crippen LogP contribution in [0.15, 0.2) is 27.8 Å². The lowest BCUT2D eigenvalue weighted by molar-refractivity contribution is 0.421. The molecule has 21 heavy (non-hydrogen) atoms. The summed E-state index contributed by atoms with van der Waals surface area (Å²) in [6.45, 7) is 1.87. The molecule has 1 heterocycles. The van der Waals surface area contributed by atoms with E-state index in [0.29, 0.717) is 5.02 Å². The van der Waals surface area contributed by atoms with Gasteiger partial charge in [-0.05, 0) is 24.6 Å². The minimum absolute atomic E-state index is 0.128. The molecule has 0 fully saturated rings. The van der Waals surface area contributed by atoms with Gasteiger partial charge in [0.05, 0.1) is 5.02 Å². The number of ether oxygens (including phenoxy) is 1. The van der Waals surface area contributed by atoms with E-state index in [9.17, 15) is 9.59 Å². The summed E-state index contributed by atoms with van der Waals surface area (Å²) in [5.74, 6) is 0.137. The third-order valence-corrected chi connectivity index (χ3v) is 3.31. The monoisotopic (exact) mass is 305 g/mol. The second kappa shape index (κ2) is 5.46. The highest BCUT2D eigenvalue weighted by atomic mass is 35.5. The van der Waals surface area contributed by atoms with E-state index in [0.717, 1.165) is 14.7 Å². The zero-order valence-corrected chi connectivity index (χ0v) is 12.4. The maximum atomic E-state index is 11.9. The SMILES string of the molecule is Cc1ccc(Oc2c(C#N)c(=O)n(C)c(=O)n2C)c(Cl)c1. The van der Waals surface area contributed by atoms with E-state index in [-0.39, 0.29) is 17.2 Å². The maximum absolute atomic E-state index is 11.9. The summed E-state index contributed by atoms with van der Waals surface area (Å²) in [5.41, 5.74) is -0.613. The first-order valence-corrected chi connectivity index (χ1v) is 6.38. The van der Waals surface area contributed by atoms with Crippen LogP contribution < -0.4 is 16.0 Å². The normalized spacial score (nSPS) is 10.2. The zero-order valence-electron chi connectivity index (χ0n) is 11.7. The van der Waals surface area contributed by atoms with Gasteiger partial charge in [0.15, 0.2) is 5.56 Å². The van der Waals surface area contributed by atoms with E-state index >= 15 is 0 Å². The molecule has 0 unspecified atom stereocenters. The molecule has 1 aromatic carbocycles. The molecule has 0 aliphatic carbocycles. The zero-order chi connectivity index (χ0) is 15.7. The molecule has 0 bridgehead atoms. The van der Waals surface area contributed by atoms with Crippen molar-refractivity contribution in [3.63, 3.8) is 0 Å². The Morgan fingerprint density at radius 2 is 1.90 bits per heavy atom. The van der Waals surface area contributed by atoms with Crippen LogP contribution in [0.25, 0.3) is 0 Å². The third-order valence-electron chi connectivity index (χ3n) is 3.02. The third kappa shape index (κ3) is 2.56. The molecule has 0 atom stereocenters. The van der Waals surface area contributed by atoms with E-state index in [1.807, 2.05) is 6.92 Å². The number of nitriles is 1. The summed E-state index contributed by atoms with van der Waals surface area (Å²) in [4.78, 5) is 23.8. The summed E-state index contributed by atoms with van der Waals surface area (Å²) >= 11 is 6.06. The van der Waals surface area contributed by atoms with Gasteiger partial charge in [-0.15, -0.1) is 0 Å². The standard InChI is InChI=1S/C14H12ClN3O3/c1-8-4-5-11(10(15)6-8)21-13-9(7-16)12(19)17(2)14(20)18(13)3/h4-6H,1-3H3. The Morgan fingerprint density at radius 1 is 1.24 bits per heavy atom. The number of benzene rings is 1. The molecule has 7 heteroatoms. The van der Waals surface area contributed by atoms with Crippen molar-refractivity contribution in [1.29, 1.82) is 5.26 Å². The summed E-state index contributed by atoms with van der Waals surface area (Å²) in [7, 11) is 2.72. The summed E-state index contributed by atoms with van der Waals surface area (Å²) < 4.78 is 7.47. The van der Waals surface area contributed by atoms with Crippen LogP contribution in [0.5, 0.6) is 11.6 Å². The van der Waals surface area contributed by atoms with Gasteiger partial charge in [-0.3, -0.25) is 13.9 Å². The van der Waals surface area contributed by atoms with Crippen LogP contribution in [-0.2, 0) is 14.1 Å². The van der Waals surface area contributed by atoms with Crippen LogP contribution in [0.1, 0.15) is 11.1 Å². The summed E-state index contributed by atoms with van der Waals surface area (Å²) in [5, 5.41) is 9.46. The second-order valence-electron chi connectivity index (χ2n) is 4.53. The molecule has 0 saturated heterocycles. The van der Waals surface area contributed by atoms with Gasteiger partial charge in [-0.1, -0.05) is 17.7 Å². The molecule has 108 valence electrons. The maximum Gasteiger partial charge on any atom is 0.333 e. The average molecular weight is 306 g/mol. The first-order chi connectivity index (χ1) is 9.86. The van der Waals surface area contributed by atoms with Crippen molar-refractivity contribution in [1.82, 2.24) is 9.13 Å². The number of halogens is 1. The number of aromatic nitrogens is 2. The van der Waals surface area contributed by atoms with Crippen molar-refractivity contribution in [2.75, 3.05) is 0 Å². The van der Waals surface area contributed by atoms with E-state index in [1.54, 1.807) is 24.3 Å². The van der Waals surface area contributed by atoms with E-state index in [4.69, 9.17) is 21.6 Å². The van der Waals surface area contributed by atoms with Crippen LogP contribution in [0.3, 0.4) is 0 Å². The highest BCUT2D eigenvalue weighted by Crippen LogP contribution is 2.30. The predicted octanol–water partition coefficient (Wildman–Crippen LogP) is 1.71. The summed E-state index contributed by atoms with van der Waals surface area (Å²) in [6.07, 6.45) is 0. The van der Waals surface area contributed by atoms with Crippen molar-refractivity contribution >= 4 is 11.6 Å². The number of nitrogens with zero attached hydrogens (tertiary/aromatic N) is 3. The van der Waals surface area contributed by atoms with Gasteiger partial charge in [0.25, 0.3) is 5.56 Å². The molecule has 6 nitrogen and oxygen atoms in total. The molecule has 0 amide bonds. The fourth-order valence-electron chi connectivity index (χ4n) is 1.83. The van der Waals surface area contributed by atoms with Gasteiger partial charge >= 0.3 is 5.69 Å². The van der Waals surface area contributed by atoms with Crippen LogP contribution in [-0.4, -0.2) is 9.13 Å². The lowest BCUT2D eigenvalue weighted by Gasteiger charge is -2.13. The number of hydrogen-bond donors (Lipinski definition) is 0. The quantitative estimate of drug-likeness (QED) is 0.846. The van der Waals surface area contributed by atoms with E-state index in [2.05, 4.69) is 0 Å². The minimum Gasteiger partial charge on any atom is -0.437 e. The number of aryl methyl sites for hydroxylation is 1. The Morgan fingerprint density at radius 3 is 2.48 bits per heavy atom. The average Bonchev–Trinajstić information content (AvgIpc) is 2.45. The topological polar surface area (TPSA) is 77.0 Å². The van der Waals surface area contributed by atoms with Gasteiger partial charge in [-0.25, -0.2) is 4.79 Å². The largest absolute Gasteiger partial charge is 0.437 e. The molecule has 0 aliphatic rings. The van der Waals surface area contributed by atoms with Gasteiger partial charge in [0, 0.05) is 14.1 Å². The first kappa shape index (κ1) is 14.9. The van der Waals surface area contributed by atoms with Crippen molar-refractivity contribution < 1.29 is 4.74 Å². The fraction of sp³-hybridized carbons (Fsp3) is 0.214. The summed E-state index contributed by atoms with van der Waals surface area (Å²) in [6, 6.07) is 6.83. The number of rotatable bonds is 2. The van der Waals surface area contributed by atoms with Gasteiger partial charge in [-0.2, -0.15) is 5.26 Å². The van der Waals surface area contributed by atoms with Crippen LogP contribution >= 0.6 is 11.6 Å². The van der Waals surface area contributed by atoms with Crippen molar-refractivity contribution in [3.8, 4) is 17.7 Å².